The maximum Gasteiger partial charge on any atom is 0.328 e. The van der Waals surface area contributed by atoms with Crippen molar-refractivity contribution in [2.45, 2.75) is 18.9 Å². The van der Waals surface area contributed by atoms with Crippen LogP contribution in [0.2, 0.25) is 0 Å². The molecule has 0 unspecified atom stereocenters. The second kappa shape index (κ2) is 9.29. The van der Waals surface area contributed by atoms with Crippen molar-refractivity contribution >= 4 is 23.8 Å². The largest absolute Gasteiger partial charge is 0.480 e. The Kier molecular flexibility index (Phi) is 8.74. The van der Waals surface area contributed by atoms with Crippen molar-refractivity contribution in [2.75, 3.05) is 25.2 Å². The first-order chi connectivity index (χ1) is 7.61. The number of hydrogen-bond acceptors (Lipinski definition) is 4. The third-order valence-corrected chi connectivity index (χ3v) is 2.54. The van der Waals surface area contributed by atoms with Crippen molar-refractivity contribution in [3.63, 3.8) is 0 Å². The molecule has 0 aromatic heterocycles. The normalized spacial score (nSPS) is 11.9. The van der Waals surface area contributed by atoms with Crippen LogP contribution in [0.15, 0.2) is 0 Å². The van der Waals surface area contributed by atoms with Gasteiger partial charge < -0.3 is 20.8 Å². The summed E-state index contributed by atoms with van der Waals surface area (Å²) >= 11 is 1.74. The van der Waals surface area contributed by atoms with E-state index in [1.807, 2.05) is 6.26 Å². The van der Waals surface area contributed by atoms with Gasteiger partial charge in [0.05, 0.1) is 6.61 Å². The van der Waals surface area contributed by atoms with Crippen molar-refractivity contribution < 1.29 is 19.8 Å². The smallest absolute Gasteiger partial charge is 0.328 e. The van der Waals surface area contributed by atoms with Gasteiger partial charge in [-0.3, -0.25) is 0 Å². The van der Waals surface area contributed by atoms with Gasteiger partial charge >= 0.3 is 12.0 Å². The number of carboxylic acid groups (broad SMARTS) is 1. The number of amides is 2. The molecule has 0 radical (unpaired) electrons. The zero-order valence-electron chi connectivity index (χ0n) is 9.23. The highest BCUT2D eigenvalue weighted by Gasteiger charge is 2.17. The summed E-state index contributed by atoms with van der Waals surface area (Å²) in [7, 11) is 0. The summed E-state index contributed by atoms with van der Waals surface area (Å²) in [4.78, 5) is 21.6. The van der Waals surface area contributed by atoms with Gasteiger partial charge in [-0.2, -0.15) is 11.8 Å². The van der Waals surface area contributed by atoms with Gasteiger partial charge in [-0.05, 0) is 24.9 Å². The predicted octanol–water partition coefficient (Wildman–Crippen LogP) is -0.126. The van der Waals surface area contributed by atoms with Crippen LogP contribution in [0.1, 0.15) is 12.8 Å². The standard InChI is InChI=1S/C9H18N2O4S/c1-16-5-3-2-4-10-9(15)11-7(6-12)8(13)14/h7,12H,2-6H2,1H3,(H,13,14)(H2,10,11,15)/t7-/m1/s1. The minimum absolute atomic E-state index is 0.504. The van der Waals surface area contributed by atoms with Crippen LogP contribution >= 0.6 is 11.8 Å². The number of hydrogen-bond donors (Lipinski definition) is 4. The van der Waals surface area contributed by atoms with Crippen LogP contribution in [0.4, 0.5) is 4.79 Å². The lowest BCUT2D eigenvalue weighted by Gasteiger charge is -2.12. The topological polar surface area (TPSA) is 98.7 Å². The van der Waals surface area contributed by atoms with E-state index in [0.29, 0.717) is 6.54 Å². The van der Waals surface area contributed by atoms with E-state index in [2.05, 4.69) is 10.6 Å². The van der Waals surface area contributed by atoms with Gasteiger partial charge in [0.25, 0.3) is 0 Å². The molecule has 94 valence electrons. The summed E-state index contributed by atoms with van der Waals surface area (Å²) in [5.41, 5.74) is 0. The number of carbonyl (C=O) groups excluding carboxylic acids is 1. The fourth-order valence-electron chi connectivity index (χ4n) is 0.968. The molecule has 1 atom stereocenters. The Bertz CT molecular complexity index is 226. The fraction of sp³-hybridized carbons (Fsp3) is 0.778. The van der Waals surface area contributed by atoms with Crippen LogP contribution in [0.25, 0.3) is 0 Å². The minimum atomic E-state index is -1.25. The lowest BCUT2D eigenvalue weighted by molar-refractivity contribution is -0.140. The second-order valence-corrected chi connectivity index (χ2v) is 4.16. The monoisotopic (exact) mass is 250 g/mol. The molecule has 0 aliphatic heterocycles. The zero-order chi connectivity index (χ0) is 12.4. The highest BCUT2D eigenvalue weighted by atomic mass is 32.2. The van der Waals surface area contributed by atoms with Crippen molar-refractivity contribution in [1.82, 2.24) is 10.6 Å². The second-order valence-electron chi connectivity index (χ2n) is 3.17. The van der Waals surface area contributed by atoms with Crippen LogP contribution < -0.4 is 10.6 Å². The summed E-state index contributed by atoms with van der Waals surface area (Å²) in [5, 5.41) is 21.9. The highest BCUT2D eigenvalue weighted by Crippen LogP contribution is 1.97. The number of urea groups is 1. The van der Waals surface area contributed by atoms with Gasteiger partial charge in [0.2, 0.25) is 0 Å². The molecule has 0 saturated heterocycles. The highest BCUT2D eigenvalue weighted by molar-refractivity contribution is 7.98. The van der Waals surface area contributed by atoms with Crippen molar-refractivity contribution in [1.29, 1.82) is 0 Å². The lowest BCUT2D eigenvalue weighted by Crippen LogP contribution is -2.48. The summed E-state index contributed by atoms with van der Waals surface area (Å²) in [6, 6.07) is -1.81. The molecule has 0 saturated carbocycles. The number of aliphatic hydroxyl groups is 1. The Balaban J connectivity index is 3.61. The number of aliphatic hydroxyl groups excluding tert-OH is 1. The number of rotatable bonds is 8. The molecule has 16 heavy (non-hydrogen) atoms. The number of nitrogens with one attached hydrogen (secondary N) is 2. The molecule has 0 bridgehead atoms. The quantitative estimate of drug-likeness (QED) is 0.450. The molecule has 0 rings (SSSR count). The van der Waals surface area contributed by atoms with Crippen molar-refractivity contribution in [3.8, 4) is 0 Å². The zero-order valence-corrected chi connectivity index (χ0v) is 10.0. The number of aliphatic carboxylic acids is 1. The Morgan fingerprint density at radius 1 is 1.38 bits per heavy atom. The van der Waals surface area contributed by atoms with E-state index >= 15 is 0 Å². The van der Waals surface area contributed by atoms with Gasteiger partial charge in [-0.25, -0.2) is 9.59 Å². The fourth-order valence-corrected chi connectivity index (χ4v) is 1.46. The molecular weight excluding hydrogens is 232 g/mol. The average Bonchev–Trinajstić information content (AvgIpc) is 2.25. The molecule has 0 spiro atoms. The van der Waals surface area contributed by atoms with Crippen molar-refractivity contribution in [2.24, 2.45) is 0 Å². The Labute approximate surface area is 98.8 Å². The number of thioether (sulfide) groups is 1. The molecule has 0 aromatic rings. The number of carboxylic acids is 1. The lowest BCUT2D eigenvalue weighted by atomic mass is 10.3. The molecule has 0 aliphatic carbocycles. The SMILES string of the molecule is CSCCCCNC(=O)N[C@H](CO)C(=O)O. The Morgan fingerprint density at radius 2 is 2.06 bits per heavy atom. The van der Waals surface area contributed by atoms with E-state index in [1.165, 1.54) is 0 Å². The number of carbonyl (C=O) groups is 2. The Morgan fingerprint density at radius 3 is 2.56 bits per heavy atom. The summed E-state index contributed by atoms with van der Waals surface area (Å²) < 4.78 is 0. The molecule has 0 fully saturated rings. The molecule has 2 amide bonds. The van der Waals surface area contributed by atoms with Crippen LogP contribution in [-0.4, -0.2) is 53.4 Å². The predicted molar refractivity (Wildman–Crippen MR) is 62.7 cm³/mol. The van der Waals surface area contributed by atoms with Gasteiger partial charge in [0.15, 0.2) is 6.04 Å². The van der Waals surface area contributed by atoms with Crippen LogP contribution in [0.5, 0.6) is 0 Å². The van der Waals surface area contributed by atoms with Crippen LogP contribution in [-0.2, 0) is 4.79 Å². The van der Waals surface area contributed by atoms with E-state index in [0.717, 1.165) is 18.6 Å². The van der Waals surface area contributed by atoms with Gasteiger partial charge in [-0.15, -0.1) is 0 Å². The van der Waals surface area contributed by atoms with E-state index in [1.54, 1.807) is 11.8 Å². The van der Waals surface area contributed by atoms with Crippen LogP contribution in [0, 0.1) is 0 Å². The maximum absolute atomic E-state index is 11.1. The Hall–Kier alpha value is -0.950. The van der Waals surface area contributed by atoms with Crippen molar-refractivity contribution in [3.05, 3.63) is 0 Å². The molecular formula is C9H18N2O4S. The summed E-state index contributed by atoms with van der Waals surface area (Å²) in [6.07, 6.45) is 3.87. The van der Waals surface area contributed by atoms with E-state index in [-0.39, 0.29) is 0 Å². The third kappa shape index (κ3) is 7.36. The molecule has 0 aromatic carbocycles. The first-order valence-corrected chi connectivity index (χ1v) is 6.38. The molecule has 4 N–H and O–H groups in total. The molecule has 6 nitrogen and oxygen atoms in total. The first-order valence-electron chi connectivity index (χ1n) is 4.98. The van der Waals surface area contributed by atoms with Gasteiger partial charge in [0, 0.05) is 6.54 Å². The average molecular weight is 250 g/mol. The van der Waals surface area contributed by atoms with Gasteiger partial charge in [-0.1, -0.05) is 0 Å². The summed E-state index contributed by atoms with van der Waals surface area (Å²) in [5.74, 6) is -0.211. The molecule has 0 aliphatic rings. The van der Waals surface area contributed by atoms with Crippen LogP contribution in [0.3, 0.4) is 0 Å². The number of unbranched alkanes of at least 4 members (excludes halogenated alkanes) is 1. The first kappa shape index (κ1) is 15.0. The minimum Gasteiger partial charge on any atom is -0.480 e. The van der Waals surface area contributed by atoms with E-state index in [9.17, 15) is 9.59 Å². The van der Waals surface area contributed by atoms with E-state index in [4.69, 9.17) is 10.2 Å². The third-order valence-electron chi connectivity index (χ3n) is 1.85. The van der Waals surface area contributed by atoms with Gasteiger partial charge in [0.1, 0.15) is 0 Å². The maximum atomic E-state index is 11.1. The molecule has 0 heterocycles. The summed E-state index contributed by atoms with van der Waals surface area (Å²) in [6.45, 7) is -0.112. The van der Waals surface area contributed by atoms with E-state index < -0.39 is 24.6 Å². The molecule has 7 heteroatoms.